The highest BCUT2D eigenvalue weighted by atomic mass is 16.5. The summed E-state index contributed by atoms with van der Waals surface area (Å²) in [6, 6.07) is 20.3. The molecule has 0 aliphatic carbocycles. The molecule has 5 heteroatoms. The van der Waals surface area contributed by atoms with Gasteiger partial charge in [0.1, 0.15) is 6.79 Å². The number of ether oxygens (including phenoxy) is 1. The van der Waals surface area contributed by atoms with Gasteiger partial charge < -0.3 is 14.8 Å². The Kier molecular flexibility index (Phi) is 8.68. The van der Waals surface area contributed by atoms with Crippen LogP contribution in [-0.2, 0) is 20.9 Å². The second kappa shape index (κ2) is 11.3. The summed E-state index contributed by atoms with van der Waals surface area (Å²) < 4.78 is 5.30. The number of nitrogens with one attached hydrogen (secondary N) is 1. The monoisotopic (exact) mass is 368 g/mol. The minimum absolute atomic E-state index is 0.0479. The molecular formula is C22H28N2O3. The van der Waals surface area contributed by atoms with Gasteiger partial charge in [0.25, 0.3) is 0 Å². The predicted octanol–water partition coefficient (Wildman–Crippen LogP) is 2.83. The molecule has 1 unspecified atom stereocenters. The van der Waals surface area contributed by atoms with E-state index in [1.165, 1.54) is 5.56 Å². The van der Waals surface area contributed by atoms with Gasteiger partial charge >= 0.3 is 0 Å². The smallest absolute Gasteiger partial charge is 0.225 e. The Balaban J connectivity index is 0.00000126. The summed E-state index contributed by atoms with van der Waals surface area (Å²) in [6.07, 6.45) is 0.910. The summed E-state index contributed by atoms with van der Waals surface area (Å²) in [5.74, 6) is 0.174. The van der Waals surface area contributed by atoms with Gasteiger partial charge in [0.2, 0.25) is 5.91 Å². The van der Waals surface area contributed by atoms with Crippen LogP contribution >= 0.6 is 0 Å². The van der Waals surface area contributed by atoms with Gasteiger partial charge in [-0.25, -0.2) is 0 Å². The van der Waals surface area contributed by atoms with Crippen LogP contribution in [0.4, 0.5) is 0 Å². The first-order chi connectivity index (χ1) is 13.3. The van der Waals surface area contributed by atoms with E-state index >= 15 is 0 Å². The number of amides is 1. The molecule has 27 heavy (non-hydrogen) atoms. The molecule has 2 aromatic carbocycles. The molecular weight excluding hydrogens is 340 g/mol. The van der Waals surface area contributed by atoms with Crippen molar-refractivity contribution in [2.75, 3.05) is 26.8 Å². The Hall–Kier alpha value is -2.50. The molecule has 1 heterocycles. The zero-order valence-electron chi connectivity index (χ0n) is 15.8. The minimum atomic E-state index is -0.0955. The molecule has 2 aromatic rings. The van der Waals surface area contributed by atoms with Crippen LogP contribution in [0.2, 0.25) is 0 Å². The third-order valence-electron chi connectivity index (χ3n) is 4.74. The van der Waals surface area contributed by atoms with Crippen molar-refractivity contribution in [3.8, 4) is 0 Å². The van der Waals surface area contributed by atoms with Crippen LogP contribution in [0.15, 0.2) is 60.7 Å². The molecule has 1 aliphatic rings. The van der Waals surface area contributed by atoms with Gasteiger partial charge in [0.15, 0.2) is 0 Å². The van der Waals surface area contributed by atoms with Gasteiger partial charge in [-0.2, -0.15) is 0 Å². The molecule has 1 N–H and O–H groups in total. The molecule has 144 valence electrons. The summed E-state index contributed by atoms with van der Waals surface area (Å²) in [7, 11) is 1.67. The fourth-order valence-corrected chi connectivity index (χ4v) is 3.39. The van der Waals surface area contributed by atoms with Crippen LogP contribution in [0.5, 0.6) is 0 Å². The number of nitrogens with zero attached hydrogens (tertiary/aromatic N) is 1. The maximum Gasteiger partial charge on any atom is 0.225 e. The Labute approximate surface area is 161 Å². The molecule has 2 atom stereocenters. The van der Waals surface area contributed by atoms with Crippen molar-refractivity contribution in [1.29, 1.82) is 0 Å². The van der Waals surface area contributed by atoms with E-state index in [4.69, 9.17) is 9.53 Å². The molecule has 0 spiro atoms. The average molecular weight is 368 g/mol. The number of likely N-dealkylation sites (tertiary alicyclic amines) is 1. The maximum atomic E-state index is 12.7. The first-order valence-electron chi connectivity index (χ1n) is 9.15. The van der Waals surface area contributed by atoms with Crippen molar-refractivity contribution in [2.45, 2.75) is 19.0 Å². The fraction of sp³-hybridized carbons (Fsp3) is 0.364. The number of hydrogen-bond acceptors (Lipinski definition) is 4. The Bertz CT molecular complexity index is 678. The van der Waals surface area contributed by atoms with E-state index in [-0.39, 0.29) is 17.9 Å². The number of carbonyl (C=O) groups excluding carboxylic acids is 2. The van der Waals surface area contributed by atoms with Gasteiger partial charge in [0, 0.05) is 20.2 Å². The van der Waals surface area contributed by atoms with Gasteiger partial charge in [0.05, 0.1) is 18.6 Å². The van der Waals surface area contributed by atoms with Crippen LogP contribution < -0.4 is 5.32 Å². The van der Waals surface area contributed by atoms with Gasteiger partial charge in [-0.15, -0.1) is 0 Å². The van der Waals surface area contributed by atoms with Gasteiger partial charge in [-0.1, -0.05) is 60.7 Å². The summed E-state index contributed by atoms with van der Waals surface area (Å²) in [5.41, 5.74) is 2.38. The lowest BCUT2D eigenvalue weighted by molar-refractivity contribution is -0.125. The summed E-state index contributed by atoms with van der Waals surface area (Å²) in [4.78, 5) is 23.1. The second-order valence-corrected chi connectivity index (χ2v) is 6.63. The van der Waals surface area contributed by atoms with E-state index in [9.17, 15) is 4.79 Å². The van der Waals surface area contributed by atoms with E-state index in [1.54, 1.807) is 7.11 Å². The average Bonchev–Trinajstić information content (AvgIpc) is 3.19. The van der Waals surface area contributed by atoms with Gasteiger partial charge in [-0.05, 0) is 24.1 Å². The van der Waals surface area contributed by atoms with Crippen molar-refractivity contribution in [3.05, 3.63) is 71.8 Å². The zero-order valence-corrected chi connectivity index (χ0v) is 15.8. The number of rotatable bonds is 7. The highest BCUT2D eigenvalue weighted by Crippen LogP contribution is 2.21. The topological polar surface area (TPSA) is 58.6 Å². The minimum Gasteiger partial charge on any atom is -0.382 e. The normalized spacial score (nSPS) is 17.6. The fourth-order valence-electron chi connectivity index (χ4n) is 3.39. The van der Waals surface area contributed by atoms with Crippen LogP contribution in [0.25, 0.3) is 0 Å². The van der Waals surface area contributed by atoms with Crippen LogP contribution in [0, 0.1) is 5.92 Å². The lowest BCUT2D eigenvalue weighted by Gasteiger charge is -2.21. The molecule has 0 radical (unpaired) electrons. The Morgan fingerprint density at radius 3 is 2.41 bits per heavy atom. The molecule has 5 nitrogen and oxygen atoms in total. The number of hydrogen-bond donors (Lipinski definition) is 1. The van der Waals surface area contributed by atoms with Crippen molar-refractivity contribution in [2.24, 2.45) is 5.92 Å². The summed E-state index contributed by atoms with van der Waals surface area (Å²) in [5, 5.41) is 3.17. The molecule has 0 bridgehead atoms. The molecule has 1 fully saturated rings. The van der Waals surface area contributed by atoms with E-state index in [2.05, 4.69) is 34.5 Å². The lowest BCUT2D eigenvalue weighted by Crippen LogP contribution is -2.37. The van der Waals surface area contributed by atoms with Crippen LogP contribution in [0.3, 0.4) is 0 Å². The van der Waals surface area contributed by atoms with E-state index in [0.29, 0.717) is 6.61 Å². The number of carbonyl (C=O) groups is 2. The van der Waals surface area contributed by atoms with Crippen molar-refractivity contribution in [3.63, 3.8) is 0 Å². The largest absolute Gasteiger partial charge is 0.382 e. The highest BCUT2D eigenvalue weighted by Gasteiger charge is 2.29. The maximum absolute atomic E-state index is 12.7. The van der Waals surface area contributed by atoms with Crippen molar-refractivity contribution >= 4 is 12.7 Å². The standard InChI is InChI=1S/C21H26N2O2.CH2O/c1-25-16-20(18-10-6-3-7-11-18)22-21(24)19-12-13-23(15-19)14-17-8-4-2-5-9-17;1-2/h2-11,19-20H,12-16H2,1H3,(H,22,24);1H2/t19?,20-;/m1./s1. The van der Waals surface area contributed by atoms with E-state index in [1.807, 2.05) is 43.2 Å². The second-order valence-electron chi connectivity index (χ2n) is 6.63. The molecule has 0 aromatic heterocycles. The first-order valence-corrected chi connectivity index (χ1v) is 9.15. The summed E-state index contributed by atoms with van der Waals surface area (Å²) in [6.45, 7) is 5.17. The molecule has 1 aliphatic heterocycles. The Morgan fingerprint density at radius 2 is 1.78 bits per heavy atom. The molecule has 1 amide bonds. The lowest BCUT2D eigenvalue weighted by atomic mass is 10.0. The number of methoxy groups -OCH3 is 1. The van der Waals surface area contributed by atoms with Crippen molar-refractivity contribution < 1.29 is 14.3 Å². The van der Waals surface area contributed by atoms with Crippen LogP contribution in [0.1, 0.15) is 23.6 Å². The van der Waals surface area contributed by atoms with Gasteiger partial charge in [-0.3, -0.25) is 9.69 Å². The van der Waals surface area contributed by atoms with Crippen LogP contribution in [-0.4, -0.2) is 44.4 Å². The molecule has 1 saturated heterocycles. The highest BCUT2D eigenvalue weighted by molar-refractivity contribution is 5.79. The zero-order chi connectivity index (χ0) is 19.5. The number of benzene rings is 2. The molecule has 0 saturated carbocycles. The third kappa shape index (κ3) is 6.31. The quantitative estimate of drug-likeness (QED) is 0.816. The SMILES string of the molecule is C=O.COC[C@@H](NC(=O)C1CCN(Cc2ccccc2)C1)c1ccccc1. The van der Waals surface area contributed by atoms with Crippen molar-refractivity contribution in [1.82, 2.24) is 10.2 Å². The molecule has 3 rings (SSSR count). The predicted molar refractivity (Wildman–Crippen MR) is 106 cm³/mol. The first kappa shape index (κ1) is 20.8. The van der Waals surface area contributed by atoms with E-state index < -0.39 is 0 Å². The summed E-state index contributed by atoms with van der Waals surface area (Å²) >= 11 is 0. The third-order valence-corrected chi connectivity index (χ3v) is 4.74. The Morgan fingerprint density at radius 1 is 1.15 bits per heavy atom. The van der Waals surface area contributed by atoms with E-state index in [0.717, 1.165) is 31.6 Å².